The van der Waals surface area contributed by atoms with Crippen LogP contribution >= 0.6 is 11.6 Å². The third-order valence-corrected chi connectivity index (χ3v) is 5.00. The van der Waals surface area contributed by atoms with E-state index in [1.165, 1.54) is 20.2 Å². The number of benzene rings is 1. The highest BCUT2D eigenvalue weighted by molar-refractivity contribution is 7.88. The van der Waals surface area contributed by atoms with Crippen LogP contribution in [-0.4, -0.2) is 26.8 Å². The smallest absolute Gasteiger partial charge is 0.275 e. The van der Waals surface area contributed by atoms with Gasteiger partial charge in [0.2, 0.25) is 5.09 Å². The Bertz CT molecular complexity index is 711. The molecule has 0 fully saturated rings. The first-order valence-electron chi connectivity index (χ1n) is 6.36. The van der Waals surface area contributed by atoms with Gasteiger partial charge >= 0.3 is 0 Å². The van der Waals surface area contributed by atoms with E-state index in [0.717, 1.165) is 9.87 Å². The molecule has 1 aromatic heterocycles. The highest BCUT2D eigenvalue weighted by Crippen LogP contribution is 2.17. The van der Waals surface area contributed by atoms with Crippen molar-refractivity contribution in [2.45, 2.75) is 18.2 Å². The molecule has 0 radical (unpaired) electrons. The number of nitrogens with zero attached hydrogens (tertiary/aromatic N) is 1. The Morgan fingerprint density at radius 2 is 1.86 bits per heavy atom. The molecule has 0 aliphatic heterocycles. The molecule has 0 unspecified atom stereocenters. The molecule has 1 N–H and O–H groups in total. The van der Waals surface area contributed by atoms with Crippen LogP contribution in [-0.2, 0) is 23.1 Å². The van der Waals surface area contributed by atoms with E-state index in [0.29, 0.717) is 23.9 Å². The number of halogens is 1. The second-order valence-corrected chi connectivity index (χ2v) is 7.19. The van der Waals surface area contributed by atoms with Crippen molar-refractivity contribution in [2.75, 3.05) is 14.1 Å². The van der Waals surface area contributed by atoms with Crippen molar-refractivity contribution in [3.63, 3.8) is 0 Å². The summed E-state index contributed by atoms with van der Waals surface area (Å²) in [6.07, 6.45) is 0. The lowest BCUT2D eigenvalue weighted by atomic mass is 10.2. The van der Waals surface area contributed by atoms with Crippen LogP contribution in [0.25, 0.3) is 0 Å². The van der Waals surface area contributed by atoms with Crippen LogP contribution in [0, 0.1) is 0 Å². The molecule has 1 heterocycles. The van der Waals surface area contributed by atoms with E-state index in [1.807, 2.05) is 24.3 Å². The minimum absolute atomic E-state index is 0.0537. The van der Waals surface area contributed by atoms with Crippen LogP contribution in [0.4, 0.5) is 0 Å². The molecule has 7 heteroatoms. The van der Waals surface area contributed by atoms with Crippen molar-refractivity contribution < 1.29 is 12.8 Å². The van der Waals surface area contributed by atoms with Crippen molar-refractivity contribution >= 4 is 21.6 Å². The zero-order valence-corrected chi connectivity index (χ0v) is 13.4. The van der Waals surface area contributed by atoms with Crippen molar-refractivity contribution in [2.24, 2.45) is 0 Å². The van der Waals surface area contributed by atoms with Crippen molar-refractivity contribution in [3.05, 3.63) is 52.7 Å². The Labute approximate surface area is 129 Å². The summed E-state index contributed by atoms with van der Waals surface area (Å²) in [5.41, 5.74) is 0.979. The highest BCUT2D eigenvalue weighted by Gasteiger charge is 2.21. The molecule has 0 aliphatic rings. The molecule has 0 saturated heterocycles. The fraction of sp³-hybridized carbons (Fsp3) is 0.286. The first-order valence-corrected chi connectivity index (χ1v) is 8.18. The van der Waals surface area contributed by atoms with E-state index in [9.17, 15) is 8.42 Å². The van der Waals surface area contributed by atoms with Gasteiger partial charge in [0, 0.05) is 25.7 Å². The maximum absolute atomic E-state index is 11.9. The number of furan rings is 1. The minimum atomic E-state index is -3.52. The van der Waals surface area contributed by atoms with Crippen LogP contribution in [0.5, 0.6) is 0 Å². The van der Waals surface area contributed by atoms with Gasteiger partial charge in [0.15, 0.2) is 0 Å². The van der Waals surface area contributed by atoms with E-state index >= 15 is 0 Å². The average molecular weight is 329 g/mol. The number of hydrogen-bond donors (Lipinski definition) is 1. The van der Waals surface area contributed by atoms with Crippen LogP contribution in [0.2, 0.25) is 5.02 Å². The van der Waals surface area contributed by atoms with E-state index in [2.05, 4.69) is 5.32 Å². The molecule has 114 valence electrons. The van der Waals surface area contributed by atoms with Gasteiger partial charge in [-0.15, -0.1) is 0 Å². The summed E-state index contributed by atoms with van der Waals surface area (Å²) < 4.78 is 30.2. The molecule has 0 amide bonds. The average Bonchev–Trinajstić information content (AvgIpc) is 2.90. The van der Waals surface area contributed by atoms with Crippen molar-refractivity contribution in [3.8, 4) is 0 Å². The van der Waals surface area contributed by atoms with Crippen LogP contribution in [0.1, 0.15) is 11.3 Å². The summed E-state index contributed by atoms with van der Waals surface area (Å²) in [5.74, 6) is 0.558. The lowest BCUT2D eigenvalue weighted by Crippen LogP contribution is -2.21. The topological polar surface area (TPSA) is 62.6 Å². The Hall–Kier alpha value is -1.34. The monoisotopic (exact) mass is 328 g/mol. The van der Waals surface area contributed by atoms with E-state index in [-0.39, 0.29) is 5.09 Å². The van der Waals surface area contributed by atoms with Gasteiger partial charge in [-0.1, -0.05) is 29.8 Å². The summed E-state index contributed by atoms with van der Waals surface area (Å²) in [6.45, 7) is 1.00. The van der Waals surface area contributed by atoms with Crippen molar-refractivity contribution in [1.82, 2.24) is 9.62 Å². The molecule has 2 aromatic rings. The summed E-state index contributed by atoms with van der Waals surface area (Å²) in [6, 6.07) is 10.7. The first-order chi connectivity index (χ1) is 9.91. The highest BCUT2D eigenvalue weighted by atomic mass is 35.5. The van der Waals surface area contributed by atoms with Gasteiger partial charge in [-0.05, 0) is 23.8 Å². The quantitative estimate of drug-likeness (QED) is 0.885. The zero-order chi connectivity index (χ0) is 15.5. The summed E-state index contributed by atoms with van der Waals surface area (Å²) >= 11 is 6.06. The molecular weight excluding hydrogens is 312 g/mol. The van der Waals surface area contributed by atoms with Gasteiger partial charge in [-0.2, -0.15) is 0 Å². The van der Waals surface area contributed by atoms with E-state index in [1.54, 1.807) is 6.07 Å². The number of nitrogens with one attached hydrogen (secondary N) is 1. The molecule has 1 aromatic carbocycles. The molecule has 0 bridgehead atoms. The van der Waals surface area contributed by atoms with Gasteiger partial charge in [0.25, 0.3) is 10.0 Å². The maximum atomic E-state index is 11.9. The molecule has 0 aliphatic carbocycles. The lowest BCUT2D eigenvalue weighted by molar-refractivity contribution is 0.389. The first kappa shape index (κ1) is 16.0. The molecule has 5 nitrogen and oxygen atoms in total. The molecule has 0 saturated carbocycles. The SMILES string of the molecule is CN(C)S(=O)(=O)c1ccc(CNCc2ccccc2Cl)o1. The summed E-state index contributed by atoms with van der Waals surface area (Å²) in [7, 11) is -0.591. The minimum Gasteiger partial charge on any atom is -0.447 e. The number of rotatable bonds is 6. The van der Waals surface area contributed by atoms with Crippen LogP contribution < -0.4 is 5.32 Å². The normalized spacial score (nSPS) is 12.0. The standard InChI is InChI=1S/C14H17ClN2O3S/c1-17(2)21(18,19)14-8-7-12(20-14)10-16-9-11-5-3-4-6-13(11)15/h3-8,16H,9-10H2,1-2H3. The van der Waals surface area contributed by atoms with Gasteiger partial charge in [-0.3, -0.25) is 0 Å². The Morgan fingerprint density at radius 1 is 1.14 bits per heavy atom. The summed E-state index contributed by atoms with van der Waals surface area (Å²) in [5, 5.41) is 3.81. The molecular formula is C14H17ClN2O3S. The zero-order valence-electron chi connectivity index (χ0n) is 11.8. The van der Waals surface area contributed by atoms with Gasteiger partial charge in [0.1, 0.15) is 5.76 Å². The Balaban J connectivity index is 1.97. The second-order valence-electron chi connectivity index (χ2n) is 4.70. The lowest BCUT2D eigenvalue weighted by Gasteiger charge is -2.08. The van der Waals surface area contributed by atoms with Crippen LogP contribution in [0.15, 0.2) is 45.9 Å². The second kappa shape index (κ2) is 6.62. The third kappa shape index (κ3) is 3.85. The number of hydrogen-bond acceptors (Lipinski definition) is 4. The van der Waals surface area contributed by atoms with Gasteiger partial charge in [-0.25, -0.2) is 12.7 Å². The van der Waals surface area contributed by atoms with E-state index < -0.39 is 10.0 Å². The number of sulfonamides is 1. The largest absolute Gasteiger partial charge is 0.447 e. The maximum Gasteiger partial charge on any atom is 0.275 e. The third-order valence-electron chi connectivity index (χ3n) is 2.94. The van der Waals surface area contributed by atoms with Gasteiger partial charge in [0.05, 0.1) is 6.54 Å². The predicted molar refractivity (Wildman–Crippen MR) is 81.6 cm³/mol. The summed E-state index contributed by atoms with van der Waals surface area (Å²) in [4.78, 5) is 0. The molecule has 0 atom stereocenters. The molecule has 2 rings (SSSR count). The predicted octanol–water partition coefficient (Wildman–Crippen LogP) is 2.47. The van der Waals surface area contributed by atoms with Crippen molar-refractivity contribution in [1.29, 1.82) is 0 Å². The Morgan fingerprint density at radius 3 is 2.52 bits per heavy atom. The fourth-order valence-corrected chi connectivity index (χ4v) is 2.75. The molecule has 0 spiro atoms. The van der Waals surface area contributed by atoms with Gasteiger partial charge < -0.3 is 9.73 Å². The van der Waals surface area contributed by atoms with Crippen LogP contribution in [0.3, 0.4) is 0 Å². The van der Waals surface area contributed by atoms with E-state index in [4.69, 9.17) is 16.0 Å². The fourth-order valence-electron chi connectivity index (χ4n) is 1.73. The Kier molecular flexibility index (Phi) is 5.05. The molecule has 21 heavy (non-hydrogen) atoms.